The quantitative estimate of drug-likeness (QED) is 0.662. The fraction of sp³-hybridized carbons (Fsp3) is 0.278. The number of nitrogens with zero attached hydrogens (tertiary/aromatic N) is 2. The first-order valence-corrected chi connectivity index (χ1v) is 8.09. The molecule has 0 saturated heterocycles. The summed E-state index contributed by atoms with van der Waals surface area (Å²) in [6.45, 7) is 3.70. The lowest BCUT2D eigenvalue weighted by atomic mass is 10.1. The van der Waals surface area contributed by atoms with Gasteiger partial charge in [-0.3, -0.25) is 14.3 Å². The number of fused-ring (bicyclic) bond motifs is 1. The van der Waals surface area contributed by atoms with E-state index in [1.165, 1.54) is 0 Å². The van der Waals surface area contributed by atoms with E-state index in [1.807, 2.05) is 51.4 Å². The molecule has 3 rings (SSSR count). The van der Waals surface area contributed by atoms with Gasteiger partial charge in [0.25, 0.3) is 5.91 Å². The monoisotopic (exact) mass is 339 g/mol. The molecule has 3 N–H and O–H groups in total. The summed E-state index contributed by atoms with van der Waals surface area (Å²) in [6, 6.07) is 9.23. The molecule has 1 atom stereocenters. The van der Waals surface area contributed by atoms with Gasteiger partial charge in [-0.1, -0.05) is 18.2 Å². The Labute approximate surface area is 145 Å². The van der Waals surface area contributed by atoms with Crippen LogP contribution in [-0.4, -0.2) is 33.1 Å². The van der Waals surface area contributed by atoms with Crippen LogP contribution in [0.3, 0.4) is 0 Å². The number of amides is 2. The third kappa shape index (κ3) is 3.71. The van der Waals surface area contributed by atoms with Crippen LogP contribution < -0.4 is 10.6 Å². The van der Waals surface area contributed by atoms with Crippen molar-refractivity contribution in [2.24, 2.45) is 7.05 Å². The summed E-state index contributed by atoms with van der Waals surface area (Å²) in [6.07, 6.45) is 1.88. The highest BCUT2D eigenvalue weighted by atomic mass is 16.2. The number of hydrogen-bond donors (Lipinski definition) is 3. The fourth-order valence-corrected chi connectivity index (χ4v) is 2.86. The molecule has 0 aliphatic heterocycles. The zero-order chi connectivity index (χ0) is 18.0. The summed E-state index contributed by atoms with van der Waals surface area (Å²) in [5.41, 5.74) is 3.15. The van der Waals surface area contributed by atoms with E-state index in [0.717, 1.165) is 22.2 Å². The highest BCUT2D eigenvalue weighted by molar-refractivity contribution is 5.99. The van der Waals surface area contributed by atoms with E-state index < -0.39 is 0 Å². The van der Waals surface area contributed by atoms with Gasteiger partial charge in [0.1, 0.15) is 5.69 Å². The number of para-hydroxylation sites is 1. The van der Waals surface area contributed by atoms with E-state index in [9.17, 15) is 9.59 Å². The Bertz CT molecular complexity index is 892. The van der Waals surface area contributed by atoms with E-state index >= 15 is 0 Å². The summed E-state index contributed by atoms with van der Waals surface area (Å²) in [5.74, 6) is -0.559. The summed E-state index contributed by atoms with van der Waals surface area (Å²) in [7, 11) is 1.84. The zero-order valence-corrected chi connectivity index (χ0v) is 14.5. The van der Waals surface area contributed by atoms with Crippen molar-refractivity contribution in [3.63, 3.8) is 0 Å². The molecule has 0 radical (unpaired) electrons. The first-order valence-electron chi connectivity index (χ1n) is 8.09. The smallest absolute Gasteiger partial charge is 0.268 e. The van der Waals surface area contributed by atoms with Crippen LogP contribution in [0, 0.1) is 6.92 Å². The van der Waals surface area contributed by atoms with Gasteiger partial charge in [0.15, 0.2) is 0 Å². The number of carbonyl (C=O) groups is 2. The predicted molar refractivity (Wildman–Crippen MR) is 95.1 cm³/mol. The Hall–Kier alpha value is -3.09. The second-order valence-electron chi connectivity index (χ2n) is 6.09. The van der Waals surface area contributed by atoms with Crippen molar-refractivity contribution >= 4 is 22.7 Å². The number of benzene rings is 1. The molecule has 2 amide bonds. The lowest BCUT2D eigenvalue weighted by molar-refractivity contribution is -0.120. The molecular weight excluding hydrogens is 318 g/mol. The van der Waals surface area contributed by atoms with Crippen molar-refractivity contribution in [1.82, 2.24) is 25.4 Å². The van der Waals surface area contributed by atoms with Gasteiger partial charge in [0.05, 0.1) is 18.3 Å². The number of carbonyl (C=O) groups excluding carboxylic acids is 2. The van der Waals surface area contributed by atoms with Gasteiger partial charge >= 0.3 is 0 Å². The standard InChI is InChI=1S/C18H21N5O2/c1-11(14-10-23(3)22-12(14)2)20-17(24)9-19-18(25)16-8-13-6-4-5-7-15(13)21-16/h4-8,10-11,21H,9H2,1-3H3,(H,19,25)(H,20,24)/t11-/m1/s1. The molecule has 25 heavy (non-hydrogen) atoms. The molecule has 7 heteroatoms. The molecule has 1 aromatic carbocycles. The third-order valence-electron chi connectivity index (χ3n) is 4.08. The Morgan fingerprint density at radius 3 is 2.76 bits per heavy atom. The zero-order valence-electron chi connectivity index (χ0n) is 14.5. The third-order valence-corrected chi connectivity index (χ3v) is 4.08. The number of aryl methyl sites for hydroxylation is 2. The van der Waals surface area contributed by atoms with Crippen LogP contribution in [0.4, 0.5) is 0 Å². The maximum atomic E-state index is 12.2. The average Bonchev–Trinajstić information content (AvgIpc) is 3.15. The predicted octanol–water partition coefficient (Wildman–Crippen LogP) is 1.82. The number of hydrogen-bond acceptors (Lipinski definition) is 3. The lowest BCUT2D eigenvalue weighted by Crippen LogP contribution is -2.38. The number of H-pyrrole nitrogens is 1. The van der Waals surface area contributed by atoms with Gasteiger partial charge in [0.2, 0.25) is 5.91 Å². The highest BCUT2D eigenvalue weighted by Crippen LogP contribution is 2.15. The van der Waals surface area contributed by atoms with E-state index in [2.05, 4.69) is 20.7 Å². The first kappa shape index (κ1) is 16.8. The molecule has 0 saturated carbocycles. The van der Waals surface area contributed by atoms with Gasteiger partial charge in [-0.2, -0.15) is 5.10 Å². The summed E-state index contributed by atoms with van der Waals surface area (Å²) in [4.78, 5) is 27.3. The number of aromatic nitrogens is 3. The fourth-order valence-electron chi connectivity index (χ4n) is 2.86. The first-order chi connectivity index (χ1) is 11.9. The Morgan fingerprint density at radius 1 is 1.32 bits per heavy atom. The largest absolute Gasteiger partial charge is 0.351 e. The van der Waals surface area contributed by atoms with Crippen LogP contribution in [0.1, 0.15) is 34.7 Å². The van der Waals surface area contributed by atoms with Crippen LogP contribution in [0.15, 0.2) is 36.5 Å². The lowest BCUT2D eigenvalue weighted by Gasteiger charge is -2.13. The minimum Gasteiger partial charge on any atom is -0.351 e. The molecule has 0 aliphatic rings. The molecule has 0 spiro atoms. The van der Waals surface area contributed by atoms with Gasteiger partial charge in [-0.15, -0.1) is 0 Å². The number of aromatic amines is 1. The number of nitrogens with one attached hydrogen (secondary N) is 3. The molecular formula is C18H21N5O2. The maximum absolute atomic E-state index is 12.2. The van der Waals surface area contributed by atoms with Crippen molar-refractivity contribution in [3.05, 3.63) is 53.5 Å². The normalized spacial score (nSPS) is 12.1. The summed E-state index contributed by atoms with van der Waals surface area (Å²) in [5, 5.41) is 10.7. The van der Waals surface area contributed by atoms with E-state index in [4.69, 9.17) is 0 Å². The van der Waals surface area contributed by atoms with Crippen LogP contribution >= 0.6 is 0 Å². The summed E-state index contributed by atoms with van der Waals surface area (Å²) < 4.78 is 1.71. The maximum Gasteiger partial charge on any atom is 0.268 e. The van der Waals surface area contributed by atoms with E-state index in [-0.39, 0.29) is 24.4 Å². The van der Waals surface area contributed by atoms with Crippen molar-refractivity contribution in [2.45, 2.75) is 19.9 Å². The molecule has 0 unspecified atom stereocenters. The SMILES string of the molecule is Cc1nn(C)cc1[C@@H](C)NC(=O)CNC(=O)c1cc2ccccc2[nH]1. The topological polar surface area (TPSA) is 91.8 Å². The van der Waals surface area contributed by atoms with Crippen LogP contribution in [0.2, 0.25) is 0 Å². The van der Waals surface area contributed by atoms with Crippen molar-refractivity contribution in [3.8, 4) is 0 Å². The van der Waals surface area contributed by atoms with Gasteiger partial charge in [-0.25, -0.2) is 0 Å². The molecule has 3 aromatic rings. The molecule has 2 aromatic heterocycles. The van der Waals surface area contributed by atoms with Crippen molar-refractivity contribution in [1.29, 1.82) is 0 Å². The Balaban J connectivity index is 1.56. The molecule has 7 nitrogen and oxygen atoms in total. The average molecular weight is 339 g/mol. The second kappa shape index (κ2) is 6.80. The summed E-state index contributed by atoms with van der Waals surface area (Å²) >= 11 is 0. The van der Waals surface area contributed by atoms with Gasteiger partial charge in [-0.05, 0) is 26.0 Å². The number of rotatable bonds is 5. The Kier molecular flexibility index (Phi) is 4.56. The minimum absolute atomic E-state index is 0.0855. The van der Waals surface area contributed by atoms with Gasteiger partial charge < -0.3 is 15.6 Å². The Morgan fingerprint density at radius 2 is 2.08 bits per heavy atom. The van der Waals surface area contributed by atoms with Crippen molar-refractivity contribution < 1.29 is 9.59 Å². The van der Waals surface area contributed by atoms with Crippen molar-refractivity contribution in [2.75, 3.05) is 6.54 Å². The highest BCUT2D eigenvalue weighted by Gasteiger charge is 2.15. The molecule has 0 bridgehead atoms. The molecule has 2 heterocycles. The minimum atomic E-state index is -0.309. The van der Waals surface area contributed by atoms with Crippen LogP contribution in [0.5, 0.6) is 0 Å². The second-order valence-corrected chi connectivity index (χ2v) is 6.09. The van der Waals surface area contributed by atoms with Crippen LogP contribution in [-0.2, 0) is 11.8 Å². The molecule has 0 fully saturated rings. The van der Waals surface area contributed by atoms with Crippen LogP contribution in [0.25, 0.3) is 10.9 Å². The molecule has 0 aliphatic carbocycles. The molecule has 130 valence electrons. The van der Waals surface area contributed by atoms with Gasteiger partial charge in [0, 0.05) is 29.7 Å². The van der Waals surface area contributed by atoms with E-state index in [1.54, 1.807) is 10.7 Å². The van der Waals surface area contributed by atoms with E-state index in [0.29, 0.717) is 5.69 Å².